The lowest BCUT2D eigenvalue weighted by Crippen LogP contribution is -2.48. The molecule has 0 spiro atoms. The molecular formula is C16H24N2O5. The van der Waals surface area contributed by atoms with Gasteiger partial charge in [0, 0.05) is 25.2 Å². The van der Waals surface area contributed by atoms with E-state index >= 15 is 0 Å². The van der Waals surface area contributed by atoms with E-state index in [1.54, 1.807) is 38.4 Å². The van der Waals surface area contributed by atoms with Crippen molar-refractivity contribution in [2.45, 2.75) is 19.6 Å². The van der Waals surface area contributed by atoms with Crippen LogP contribution >= 0.6 is 0 Å². The number of nitrogens with one attached hydrogen (secondary N) is 1. The van der Waals surface area contributed by atoms with Gasteiger partial charge in [-0.2, -0.15) is 0 Å². The van der Waals surface area contributed by atoms with Gasteiger partial charge >= 0.3 is 6.03 Å². The Balaban J connectivity index is 2.08. The van der Waals surface area contributed by atoms with Crippen LogP contribution in [0.1, 0.15) is 12.5 Å². The normalized spacial score (nSPS) is 17.6. The van der Waals surface area contributed by atoms with Crippen LogP contribution in [0.2, 0.25) is 0 Å². The average Bonchev–Trinajstić information content (AvgIpc) is 2.58. The SMILES string of the molecule is COc1cc(OC)c(CNC(=O)N2CCOC(C)C2)c(OC)c1. The van der Waals surface area contributed by atoms with E-state index in [4.69, 9.17) is 18.9 Å². The molecule has 0 bridgehead atoms. The first-order valence-electron chi connectivity index (χ1n) is 7.52. The number of nitrogens with zero attached hydrogens (tertiary/aromatic N) is 1. The molecule has 2 amide bonds. The van der Waals surface area contributed by atoms with Crippen LogP contribution in [0.5, 0.6) is 17.2 Å². The minimum absolute atomic E-state index is 0.0551. The van der Waals surface area contributed by atoms with Crippen molar-refractivity contribution in [3.63, 3.8) is 0 Å². The summed E-state index contributed by atoms with van der Waals surface area (Å²) in [5.41, 5.74) is 0.769. The van der Waals surface area contributed by atoms with Gasteiger partial charge in [-0.3, -0.25) is 0 Å². The molecule has 0 aromatic heterocycles. The zero-order valence-corrected chi connectivity index (χ0v) is 14.0. The molecule has 1 aliphatic heterocycles. The van der Waals surface area contributed by atoms with Crippen LogP contribution in [0, 0.1) is 0 Å². The van der Waals surface area contributed by atoms with E-state index in [2.05, 4.69) is 5.32 Å². The number of morpholine rings is 1. The Morgan fingerprint density at radius 1 is 1.26 bits per heavy atom. The molecule has 1 heterocycles. The van der Waals surface area contributed by atoms with Gasteiger partial charge < -0.3 is 29.2 Å². The number of amides is 2. The summed E-state index contributed by atoms with van der Waals surface area (Å²) in [4.78, 5) is 14.0. The van der Waals surface area contributed by atoms with Gasteiger partial charge in [0.25, 0.3) is 0 Å². The van der Waals surface area contributed by atoms with Crippen LogP contribution in [0.4, 0.5) is 4.79 Å². The van der Waals surface area contributed by atoms with Gasteiger partial charge in [0.1, 0.15) is 17.2 Å². The molecule has 7 heteroatoms. The molecule has 1 fully saturated rings. The highest BCUT2D eigenvalue weighted by Crippen LogP contribution is 2.33. The van der Waals surface area contributed by atoms with E-state index in [0.29, 0.717) is 43.5 Å². The third kappa shape index (κ3) is 4.19. The van der Waals surface area contributed by atoms with Crippen molar-refractivity contribution >= 4 is 6.03 Å². The minimum atomic E-state index is -0.125. The van der Waals surface area contributed by atoms with Gasteiger partial charge in [-0.1, -0.05) is 0 Å². The van der Waals surface area contributed by atoms with Crippen LogP contribution in [0.15, 0.2) is 12.1 Å². The molecule has 1 unspecified atom stereocenters. The maximum absolute atomic E-state index is 12.3. The maximum Gasteiger partial charge on any atom is 0.317 e. The second kappa shape index (κ2) is 7.92. The zero-order chi connectivity index (χ0) is 16.8. The number of hydrogen-bond donors (Lipinski definition) is 1. The molecule has 1 saturated heterocycles. The second-order valence-corrected chi connectivity index (χ2v) is 5.30. The Bertz CT molecular complexity index is 524. The quantitative estimate of drug-likeness (QED) is 0.892. The lowest BCUT2D eigenvalue weighted by atomic mass is 10.1. The molecule has 1 aromatic carbocycles. The molecule has 1 N–H and O–H groups in total. The van der Waals surface area contributed by atoms with Gasteiger partial charge in [0.15, 0.2) is 0 Å². The number of ether oxygens (including phenoxy) is 4. The van der Waals surface area contributed by atoms with Crippen molar-refractivity contribution in [3.05, 3.63) is 17.7 Å². The first-order chi connectivity index (χ1) is 11.1. The topological polar surface area (TPSA) is 69.3 Å². The molecule has 1 atom stereocenters. The highest BCUT2D eigenvalue weighted by molar-refractivity contribution is 5.74. The second-order valence-electron chi connectivity index (χ2n) is 5.30. The molecule has 23 heavy (non-hydrogen) atoms. The van der Waals surface area contributed by atoms with E-state index in [1.165, 1.54) is 0 Å². The van der Waals surface area contributed by atoms with Crippen molar-refractivity contribution in [2.75, 3.05) is 41.0 Å². The molecule has 0 radical (unpaired) electrons. The third-order valence-electron chi connectivity index (χ3n) is 3.76. The molecule has 1 aromatic rings. The lowest BCUT2D eigenvalue weighted by Gasteiger charge is -2.31. The molecular weight excluding hydrogens is 300 g/mol. The first-order valence-corrected chi connectivity index (χ1v) is 7.52. The summed E-state index contributed by atoms with van der Waals surface area (Å²) in [7, 11) is 4.72. The monoisotopic (exact) mass is 324 g/mol. The Hall–Kier alpha value is -2.15. The van der Waals surface area contributed by atoms with E-state index < -0.39 is 0 Å². The average molecular weight is 324 g/mol. The molecule has 1 aliphatic rings. The predicted octanol–water partition coefficient (Wildman–Crippen LogP) is 1.64. The zero-order valence-electron chi connectivity index (χ0n) is 14.0. The smallest absolute Gasteiger partial charge is 0.317 e. The van der Waals surface area contributed by atoms with Crippen molar-refractivity contribution in [3.8, 4) is 17.2 Å². The predicted molar refractivity (Wildman–Crippen MR) is 85.3 cm³/mol. The summed E-state index contributed by atoms with van der Waals surface area (Å²) in [5, 5.41) is 2.91. The van der Waals surface area contributed by atoms with Crippen molar-refractivity contribution in [1.82, 2.24) is 10.2 Å². The summed E-state index contributed by atoms with van der Waals surface area (Å²) in [6.07, 6.45) is 0.0551. The van der Waals surface area contributed by atoms with Gasteiger partial charge in [-0.25, -0.2) is 4.79 Å². The Labute approximate surface area is 136 Å². The number of methoxy groups -OCH3 is 3. The summed E-state index contributed by atoms with van der Waals surface area (Å²) < 4.78 is 21.4. The largest absolute Gasteiger partial charge is 0.496 e. The first kappa shape index (κ1) is 17.2. The molecule has 128 valence electrons. The van der Waals surface area contributed by atoms with Crippen LogP contribution in [-0.4, -0.2) is 58.1 Å². The lowest BCUT2D eigenvalue weighted by molar-refractivity contribution is -0.00353. The summed E-state index contributed by atoms with van der Waals surface area (Å²) >= 11 is 0. The standard InChI is InChI=1S/C16H24N2O5/c1-11-10-18(5-6-23-11)16(19)17-9-13-14(21-3)7-12(20-2)8-15(13)22-4/h7-8,11H,5-6,9-10H2,1-4H3,(H,17,19). The Kier molecular flexibility index (Phi) is 5.92. The van der Waals surface area contributed by atoms with Gasteiger partial charge in [-0.05, 0) is 6.92 Å². The van der Waals surface area contributed by atoms with E-state index in [1.807, 2.05) is 6.92 Å². The molecule has 7 nitrogen and oxygen atoms in total. The van der Waals surface area contributed by atoms with Gasteiger partial charge in [0.2, 0.25) is 0 Å². The number of rotatable bonds is 5. The summed E-state index contributed by atoms with van der Waals surface area (Å²) in [5.74, 6) is 1.85. The van der Waals surface area contributed by atoms with E-state index in [-0.39, 0.29) is 12.1 Å². The van der Waals surface area contributed by atoms with Crippen molar-refractivity contribution in [1.29, 1.82) is 0 Å². The van der Waals surface area contributed by atoms with E-state index in [9.17, 15) is 4.79 Å². The fraction of sp³-hybridized carbons (Fsp3) is 0.562. The fourth-order valence-electron chi connectivity index (χ4n) is 2.53. The fourth-order valence-corrected chi connectivity index (χ4v) is 2.53. The van der Waals surface area contributed by atoms with Crippen LogP contribution < -0.4 is 19.5 Å². The minimum Gasteiger partial charge on any atom is -0.496 e. The van der Waals surface area contributed by atoms with Crippen LogP contribution in [-0.2, 0) is 11.3 Å². The third-order valence-corrected chi connectivity index (χ3v) is 3.76. The summed E-state index contributed by atoms with van der Waals surface area (Å²) in [6, 6.07) is 3.40. The number of benzene rings is 1. The molecule has 2 rings (SSSR count). The van der Waals surface area contributed by atoms with Crippen molar-refractivity contribution < 1.29 is 23.7 Å². The number of carbonyl (C=O) groups is 1. The highest BCUT2D eigenvalue weighted by atomic mass is 16.5. The van der Waals surface area contributed by atoms with Crippen LogP contribution in [0.3, 0.4) is 0 Å². The van der Waals surface area contributed by atoms with Crippen LogP contribution in [0.25, 0.3) is 0 Å². The number of hydrogen-bond acceptors (Lipinski definition) is 5. The van der Waals surface area contributed by atoms with Gasteiger partial charge in [0.05, 0.1) is 46.1 Å². The summed E-state index contributed by atoms with van der Waals surface area (Å²) in [6.45, 7) is 4.00. The van der Waals surface area contributed by atoms with Crippen molar-refractivity contribution in [2.24, 2.45) is 0 Å². The number of carbonyl (C=O) groups excluding carboxylic acids is 1. The highest BCUT2D eigenvalue weighted by Gasteiger charge is 2.22. The Morgan fingerprint density at radius 2 is 1.91 bits per heavy atom. The van der Waals surface area contributed by atoms with Gasteiger partial charge in [-0.15, -0.1) is 0 Å². The molecule has 0 aliphatic carbocycles. The number of urea groups is 1. The molecule has 0 saturated carbocycles. The Morgan fingerprint density at radius 3 is 2.43 bits per heavy atom. The van der Waals surface area contributed by atoms with E-state index in [0.717, 1.165) is 5.56 Å². The maximum atomic E-state index is 12.3.